The zero-order valence-corrected chi connectivity index (χ0v) is 15.7. The monoisotopic (exact) mass is 350 g/mol. The number of halogens is 1. The zero-order chi connectivity index (χ0) is 16.6. The molecule has 1 atom stereocenters. The predicted octanol–water partition coefficient (Wildman–Crippen LogP) is 7.21. The van der Waals surface area contributed by atoms with E-state index in [2.05, 4.69) is 97.9 Å². The summed E-state index contributed by atoms with van der Waals surface area (Å²) >= 11 is 0. The Morgan fingerprint density at radius 3 is 1.40 bits per heavy atom. The Labute approximate surface area is 158 Å². The van der Waals surface area contributed by atoms with Crippen LogP contribution in [0.5, 0.6) is 0 Å². The van der Waals surface area contributed by atoms with Crippen LogP contribution in [0, 0.1) is 0 Å². The first kappa shape index (κ1) is 19.3. The molecule has 3 aromatic carbocycles. The number of hydrogen-bond donors (Lipinski definition) is 0. The summed E-state index contributed by atoms with van der Waals surface area (Å²) in [5.74, 6) is 1.12. The van der Waals surface area contributed by atoms with Gasteiger partial charge in [-0.2, -0.15) is 0 Å². The zero-order valence-electron chi connectivity index (χ0n) is 14.8. The highest BCUT2D eigenvalue weighted by Crippen LogP contribution is 2.31. The van der Waals surface area contributed by atoms with Gasteiger partial charge in [0.15, 0.2) is 0 Å². The molecule has 25 heavy (non-hydrogen) atoms. The van der Waals surface area contributed by atoms with Crippen molar-refractivity contribution in [2.24, 2.45) is 0 Å². The molecular formula is C24H27Cl. The second-order valence-corrected chi connectivity index (χ2v) is 6.62. The fourth-order valence-corrected chi connectivity index (χ4v) is 3.47. The fraction of sp³-hybridized carbons (Fsp3) is 0.250. The van der Waals surface area contributed by atoms with E-state index in [4.69, 9.17) is 0 Å². The minimum Gasteiger partial charge on any atom is -0.147 e. The topological polar surface area (TPSA) is 0 Å². The van der Waals surface area contributed by atoms with Gasteiger partial charge in [0.2, 0.25) is 0 Å². The second-order valence-electron chi connectivity index (χ2n) is 6.62. The lowest BCUT2D eigenvalue weighted by Crippen LogP contribution is -2.02. The molecule has 1 unspecified atom stereocenters. The summed E-state index contributed by atoms with van der Waals surface area (Å²) in [7, 11) is 0. The summed E-state index contributed by atoms with van der Waals surface area (Å²) in [4.78, 5) is 0. The van der Waals surface area contributed by atoms with Crippen molar-refractivity contribution in [3.8, 4) is 0 Å². The van der Waals surface area contributed by atoms with Crippen LogP contribution in [0.3, 0.4) is 0 Å². The number of benzene rings is 3. The van der Waals surface area contributed by atoms with Crippen molar-refractivity contribution < 1.29 is 0 Å². The van der Waals surface area contributed by atoms with Crippen molar-refractivity contribution in [3.63, 3.8) is 0 Å². The first-order valence-corrected chi connectivity index (χ1v) is 8.99. The summed E-state index contributed by atoms with van der Waals surface area (Å²) in [6.07, 6.45) is 3.68. The third-order valence-corrected chi connectivity index (χ3v) is 4.90. The van der Waals surface area contributed by atoms with Crippen molar-refractivity contribution in [1.82, 2.24) is 0 Å². The van der Waals surface area contributed by atoms with Gasteiger partial charge in [-0.1, -0.05) is 104 Å². The average molecular weight is 351 g/mol. The first-order chi connectivity index (χ1) is 11.8. The molecule has 0 bridgehead atoms. The van der Waals surface area contributed by atoms with Crippen LogP contribution in [0.25, 0.3) is 0 Å². The van der Waals surface area contributed by atoms with Crippen LogP contribution in [-0.2, 0) is 0 Å². The lowest BCUT2D eigenvalue weighted by molar-refractivity contribution is 0.575. The van der Waals surface area contributed by atoms with Gasteiger partial charge in [0, 0.05) is 5.92 Å². The van der Waals surface area contributed by atoms with E-state index in [0.29, 0.717) is 11.8 Å². The summed E-state index contributed by atoms with van der Waals surface area (Å²) in [6.45, 7) is 2.34. The first-order valence-electron chi connectivity index (χ1n) is 8.99. The largest absolute Gasteiger partial charge is 0.147 e. The molecule has 3 rings (SSSR count). The van der Waals surface area contributed by atoms with Gasteiger partial charge in [0.25, 0.3) is 0 Å². The summed E-state index contributed by atoms with van der Waals surface area (Å²) in [5, 5.41) is 0. The molecule has 0 radical (unpaired) electrons. The van der Waals surface area contributed by atoms with Crippen molar-refractivity contribution in [2.45, 2.75) is 38.0 Å². The van der Waals surface area contributed by atoms with Gasteiger partial charge in [-0.15, -0.1) is 12.4 Å². The smallest absolute Gasteiger partial charge is 0.00893 e. The van der Waals surface area contributed by atoms with E-state index in [0.717, 1.165) is 0 Å². The van der Waals surface area contributed by atoms with E-state index < -0.39 is 0 Å². The quantitative estimate of drug-likeness (QED) is 0.422. The van der Waals surface area contributed by atoms with E-state index in [9.17, 15) is 0 Å². The second kappa shape index (κ2) is 10.1. The van der Waals surface area contributed by atoms with Crippen LogP contribution in [0.2, 0.25) is 0 Å². The van der Waals surface area contributed by atoms with Crippen LogP contribution in [0.15, 0.2) is 91.0 Å². The van der Waals surface area contributed by atoms with Gasteiger partial charge in [0.1, 0.15) is 0 Å². The molecule has 0 fully saturated rings. The molecule has 0 saturated heterocycles. The Kier molecular flexibility index (Phi) is 7.76. The van der Waals surface area contributed by atoms with E-state index in [1.807, 2.05) is 0 Å². The molecule has 0 N–H and O–H groups in total. The highest BCUT2D eigenvalue weighted by Gasteiger charge is 2.14. The Morgan fingerprint density at radius 2 is 0.960 bits per heavy atom. The maximum Gasteiger partial charge on any atom is 0.00893 e. The summed E-state index contributed by atoms with van der Waals surface area (Å²) in [5.41, 5.74) is 4.31. The predicted molar refractivity (Wildman–Crippen MR) is 111 cm³/mol. The highest BCUT2D eigenvalue weighted by atomic mass is 35.5. The van der Waals surface area contributed by atoms with Gasteiger partial charge >= 0.3 is 0 Å². The molecule has 0 nitrogen and oxygen atoms in total. The van der Waals surface area contributed by atoms with Crippen molar-refractivity contribution in [2.75, 3.05) is 0 Å². The molecule has 0 aromatic heterocycles. The van der Waals surface area contributed by atoms with Gasteiger partial charge in [-0.3, -0.25) is 0 Å². The summed E-state index contributed by atoms with van der Waals surface area (Å²) < 4.78 is 0. The normalized spacial score (nSPS) is 11.8. The minimum atomic E-state index is 0. The van der Waals surface area contributed by atoms with Crippen LogP contribution in [0.4, 0.5) is 0 Å². The summed E-state index contributed by atoms with van der Waals surface area (Å²) in [6, 6.07) is 32.7. The Morgan fingerprint density at radius 1 is 0.560 bits per heavy atom. The standard InChI is InChI=1S/C24H26.ClH/c1-20(21-13-5-2-6-14-21)12-11-19-24(22-15-7-3-8-16-22)23-17-9-4-10-18-23;/h2-10,13-18,20,24H,11-12,19H2,1H3;1H. The lowest BCUT2D eigenvalue weighted by atomic mass is 9.85. The molecule has 0 aliphatic rings. The lowest BCUT2D eigenvalue weighted by Gasteiger charge is -2.19. The SMILES string of the molecule is CC(CCCC(c1ccccc1)c1ccccc1)c1ccccc1.Cl. The van der Waals surface area contributed by atoms with Crippen LogP contribution in [0.1, 0.15) is 54.7 Å². The van der Waals surface area contributed by atoms with Gasteiger partial charge in [0.05, 0.1) is 0 Å². The molecule has 0 saturated carbocycles. The van der Waals surface area contributed by atoms with Crippen molar-refractivity contribution >= 4 is 12.4 Å². The van der Waals surface area contributed by atoms with Crippen LogP contribution >= 0.6 is 12.4 Å². The molecule has 0 spiro atoms. The molecular weight excluding hydrogens is 324 g/mol. The van der Waals surface area contributed by atoms with Crippen molar-refractivity contribution in [3.05, 3.63) is 108 Å². The molecule has 0 aliphatic heterocycles. The van der Waals surface area contributed by atoms with Crippen LogP contribution in [-0.4, -0.2) is 0 Å². The fourth-order valence-electron chi connectivity index (χ4n) is 3.47. The molecule has 0 amide bonds. The number of rotatable bonds is 7. The molecule has 1 heteroatoms. The maximum absolute atomic E-state index is 2.34. The van der Waals surface area contributed by atoms with Crippen molar-refractivity contribution in [1.29, 1.82) is 0 Å². The third-order valence-electron chi connectivity index (χ3n) is 4.90. The minimum absolute atomic E-state index is 0. The Hall–Kier alpha value is -2.05. The number of hydrogen-bond acceptors (Lipinski definition) is 0. The molecule has 3 aromatic rings. The van der Waals surface area contributed by atoms with Crippen LogP contribution < -0.4 is 0 Å². The van der Waals surface area contributed by atoms with Gasteiger partial charge in [-0.25, -0.2) is 0 Å². The Balaban J connectivity index is 0.00000225. The third kappa shape index (κ3) is 5.47. The average Bonchev–Trinajstić information content (AvgIpc) is 2.67. The van der Waals surface area contributed by atoms with E-state index in [1.165, 1.54) is 36.0 Å². The molecule has 0 aliphatic carbocycles. The molecule has 130 valence electrons. The van der Waals surface area contributed by atoms with Gasteiger partial charge < -0.3 is 0 Å². The van der Waals surface area contributed by atoms with Gasteiger partial charge in [-0.05, 0) is 35.4 Å². The van der Waals surface area contributed by atoms with E-state index in [-0.39, 0.29) is 12.4 Å². The molecule has 0 heterocycles. The highest BCUT2D eigenvalue weighted by molar-refractivity contribution is 5.85. The maximum atomic E-state index is 2.34. The van der Waals surface area contributed by atoms with E-state index >= 15 is 0 Å². The Bertz CT molecular complexity index is 667. The van der Waals surface area contributed by atoms with E-state index in [1.54, 1.807) is 0 Å².